The molecule has 0 aliphatic carbocycles. The van der Waals surface area contributed by atoms with Gasteiger partial charge < -0.3 is 4.74 Å². The number of morpholine rings is 1. The molecule has 1 aliphatic rings. The molecule has 0 radical (unpaired) electrons. The topological polar surface area (TPSA) is 46.6 Å². The second-order valence-electron chi connectivity index (χ2n) is 5.89. The fourth-order valence-electron chi connectivity index (χ4n) is 2.65. The average molecular weight is 343 g/mol. The van der Waals surface area contributed by atoms with Crippen molar-refractivity contribution >= 4 is 16.1 Å². The molecule has 3 rings (SSSR count). The minimum absolute atomic E-state index is 0.223. The zero-order valence-corrected chi connectivity index (χ0v) is 14.4. The van der Waals surface area contributed by atoms with Gasteiger partial charge in [0.1, 0.15) is 0 Å². The second-order valence-corrected chi connectivity index (χ2v) is 7.71. The van der Waals surface area contributed by atoms with Gasteiger partial charge in [-0.1, -0.05) is 60.2 Å². The van der Waals surface area contributed by atoms with Crippen molar-refractivity contribution in [3.63, 3.8) is 0 Å². The Morgan fingerprint density at radius 1 is 1.08 bits per heavy atom. The highest BCUT2D eigenvalue weighted by molar-refractivity contribution is 7.92. The molecular formula is C19H21NO3S. The smallest absolute Gasteiger partial charge is 0.236 e. The fraction of sp³-hybridized carbons (Fsp3) is 0.263. The first kappa shape index (κ1) is 16.9. The molecule has 1 fully saturated rings. The van der Waals surface area contributed by atoms with E-state index in [-0.39, 0.29) is 6.10 Å². The van der Waals surface area contributed by atoms with Gasteiger partial charge in [-0.2, -0.15) is 4.31 Å². The number of hydrogen-bond donors (Lipinski definition) is 0. The van der Waals surface area contributed by atoms with Crippen LogP contribution < -0.4 is 0 Å². The van der Waals surface area contributed by atoms with Gasteiger partial charge in [0.2, 0.25) is 10.0 Å². The Morgan fingerprint density at radius 3 is 2.50 bits per heavy atom. The van der Waals surface area contributed by atoms with Crippen LogP contribution in [0.4, 0.5) is 0 Å². The van der Waals surface area contributed by atoms with E-state index >= 15 is 0 Å². The molecule has 24 heavy (non-hydrogen) atoms. The normalized spacial score (nSPS) is 19.6. The van der Waals surface area contributed by atoms with E-state index in [1.807, 2.05) is 61.5 Å². The Kier molecular flexibility index (Phi) is 5.14. The van der Waals surface area contributed by atoms with E-state index in [0.717, 1.165) is 11.1 Å². The fourth-order valence-corrected chi connectivity index (χ4v) is 3.83. The van der Waals surface area contributed by atoms with Gasteiger partial charge in [-0.3, -0.25) is 0 Å². The number of hydrogen-bond acceptors (Lipinski definition) is 3. The first-order valence-electron chi connectivity index (χ1n) is 7.96. The van der Waals surface area contributed by atoms with Gasteiger partial charge in [-0.15, -0.1) is 0 Å². The predicted octanol–water partition coefficient (Wildman–Crippen LogP) is 3.37. The van der Waals surface area contributed by atoms with Gasteiger partial charge in [0.15, 0.2) is 0 Å². The van der Waals surface area contributed by atoms with Crippen LogP contribution in [-0.2, 0) is 14.8 Å². The molecule has 1 atom stereocenters. The highest BCUT2D eigenvalue weighted by Crippen LogP contribution is 2.24. The number of ether oxygens (including phenoxy) is 1. The average Bonchev–Trinajstić information content (AvgIpc) is 2.62. The molecule has 0 bridgehead atoms. The summed E-state index contributed by atoms with van der Waals surface area (Å²) >= 11 is 0. The molecule has 0 N–H and O–H groups in total. The number of rotatable bonds is 4. The largest absolute Gasteiger partial charge is 0.371 e. The summed E-state index contributed by atoms with van der Waals surface area (Å²) < 4.78 is 32.4. The van der Waals surface area contributed by atoms with Crippen molar-refractivity contribution in [2.75, 3.05) is 19.7 Å². The van der Waals surface area contributed by atoms with Gasteiger partial charge in [-0.25, -0.2) is 8.42 Å². The number of benzene rings is 2. The maximum atomic E-state index is 12.6. The van der Waals surface area contributed by atoms with Crippen LogP contribution in [0.15, 0.2) is 60.0 Å². The van der Waals surface area contributed by atoms with Crippen LogP contribution in [0, 0.1) is 6.92 Å². The van der Waals surface area contributed by atoms with Gasteiger partial charge in [-0.05, 0) is 24.1 Å². The number of aryl methyl sites for hydroxylation is 1. The molecule has 0 amide bonds. The summed E-state index contributed by atoms with van der Waals surface area (Å²) in [6.07, 6.45) is 1.41. The molecule has 126 valence electrons. The lowest BCUT2D eigenvalue weighted by Crippen LogP contribution is -2.41. The van der Waals surface area contributed by atoms with Crippen LogP contribution in [0.5, 0.6) is 0 Å². The molecule has 2 aromatic carbocycles. The molecule has 1 unspecified atom stereocenters. The maximum absolute atomic E-state index is 12.6. The van der Waals surface area contributed by atoms with Crippen LogP contribution >= 0.6 is 0 Å². The predicted molar refractivity (Wildman–Crippen MR) is 95.8 cm³/mol. The van der Waals surface area contributed by atoms with Crippen molar-refractivity contribution < 1.29 is 13.2 Å². The van der Waals surface area contributed by atoms with Crippen molar-refractivity contribution in [1.29, 1.82) is 0 Å². The van der Waals surface area contributed by atoms with E-state index in [9.17, 15) is 8.42 Å². The summed E-state index contributed by atoms with van der Waals surface area (Å²) in [5.74, 6) is 0. The summed E-state index contributed by atoms with van der Waals surface area (Å²) in [5, 5.41) is 1.28. The zero-order chi connectivity index (χ0) is 17.0. The Bertz CT molecular complexity index is 798. The highest BCUT2D eigenvalue weighted by Gasteiger charge is 2.28. The highest BCUT2D eigenvalue weighted by atomic mass is 32.2. The SMILES string of the molecule is Cc1ccc(C2CN(S(=O)(=O)/C=C/c3ccccc3)CCO2)cc1. The first-order chi connectivity index (χ1) is 11.5. The molecule has 1 heterocycles. The quantitative estimate of drug-likeness (QED) is 0.855. The maximum Gasteiger partial charge on any atom is 0.236 e. The third-order valence-corrected chi connectivity index (χ3v) is 5.60. The van der Waals surface area contributed by atoms with Crippen molar-refractivity contribution in [2.45, 2.75) is 13.0 Å². The third kappa shape index (κ3) is 4.12. The molecular weight excluding hydrogens is 322 g/mol. The van der Waals surface area contributed by atoms with Crippen molar-refractivity contribution in [3.05, 3.63) is 76.7 Å². The van der Waals surface area contributed by atoms with Crippen LogP contribution in [0.3, 0.4) is 0 Å². The third-order valence-electron chi connectivity index (χ3n) is 4.07. The molecule has 0 saturated carbocycles. The lowest BCUT2D eigenvalue weighted by molar-refractivity contribution is -0.00217. The zero-order valence-electron chi connectivity index (χ0n) is 13.6. The molecule has 5 heteroatoms. The summed E-state index contributed by atoms with van der Waals surface area (Å²) in [6.45, 7) is 3.14. The van der Waals surface area contributed by atoms with Crippen LogP contribution in [0.2, 0.25) is 0 Å². The van der Waals surface area contributed by atoms with Crippen LogP contribution in [0.25, 0.3) is 6.08 Å². The minimum Gasteiger partial charge on any atom is -0.371 e. The lowest BCUT2D eigenvalue weighted by Gasteiger charge is -2.31. The molecule has 0 spiro atoms. The van der Waals surface area contributed by atoms with E-state index in [1.54, 1.807) is 6.08 Å². The molecule has 1 saturated heterocycles. The monoisotopic (exact) mass is 343 g/mol. The Morgan fingerprint density at radius 2 is 1.79 bits per heavy atom. The van der Waals surface area contributed by atoms with Gasteiger partial charge >= 0.3 is 0 Å². The summed E-state index contributed by atoms with van der Waals surface area (Å²) in [7, 11) is -3.46. The summed E-state index contributed by atoms with van der Waals surface area (Å²) in [6, 6.07) is 17.4. The van der Waals surface area contributed by atoms with Gasteiger partial charge in [0, 0.05) is 18.5 Å². The summed E-state index contributed by atoms with van der Waals surface area (Å²) in [5.41, 5.74) is 3.04. The molecule has 4 nitrogen and oxygen atoms in total. The van der Waals surface area contributed by atoms with Crippen molar-refractivity contribution in [3.8, 4) is 0 Å². The van der Waals surface area contributed by atoms with E-state index in [1.165, 1.54) is 15.3 Å². The molecule has 1 aliphatic heterocycles. The van der Waals surface area contributed by atoms with E-state index in [4.69, 9.17) is 4.74 Å². The first-order valence-corrected chi connectivity index (χ1v) is 9.46. The van der Waals surface area contributed by atoms with E-state index in [2.05, 4.69) is 0 Å². The van der Waals surface area contributed by atoms with Crippen molar-refractivity contribution in [1.82, 2.24) is 4.31 Å². The van der Waals surface area contributed by atoms with E-state index in [0.29, 0.717) is 19.7 Å². The standard InChI is InChI=1S/C19H21NO3S/c1-16-7-9-18(10-8-16)19-15-20(12-13-23-19)24(21,22)14-11-17-5-3-2-4-6-17/h2-11,14,19H,12-13,15H2,1H3/b14-11+. The molecule has 2 aromatic rings. The van der Waals surface area contributed by atoms with Crippen molar-refractivity contribution in [2.24, 2.45) is 0 Å². The molecule has 0 aromatic heterocycles. The lowest BCUT2D eigenvalue weighted by atomic mass is 10.1. The van der Waals surface area contributed by atoms with Gasteiger partial charge in [0.05, 0.1) is 12.7 Å². The van der Waals surface area contributed by atoms with Crippen LogP contribution in [0.1, 0.15) is 22.8 Å². The Labute approximate surface area is 143 Å². The second kappa shape index (κ2) is 7.30. The Balaban J connectivity index is 1.73. The van der Waals surface area contributed by atoms with Gasteiger partial charge in [0.25, 0.3) is 0 Å². The van der Waals surface area contributed by atoms with Crippen LogP contribution in [-0.4, -0.2) is 32.4 Å². The number of nitrogens with zero attached hydrogens (tertiary/aromatic N) is 1. The van der Waals surface area contributed by atoms with E-state index < -0.39 is 10.0 Å². The Hall–Kier alpha value is -1.95. The number of sulfonamides is 1. The summed E-state index contributed by atoms with van der Waals surface area (Å²) in [4.78, 5) is 0. The minimum atomic E-state index is -3.46.